The van der Waals surface area contributed by atoms with Crippen LogP contribution in [0.5, 0.6) is 5.75 Å². The summed E-state index contributed by atoms with van der Waals surface area (Å²) in [5, 5.41) is 11.1. The molecule has 9 heteroatoms. The molecule has 3 N–H and O–H groups in total. The summed E-state index contributed by atoms with van der Waals surface area (Å²) in [4.78, 5) is 2.93. The molecule has 2 atom stereocenters. The number of rotatable bonds is 5. The molecule has 0 fully saturated rings. The van der Waals surface area contributed by atoms with Crippen LogP contribution in [0.25, 0.3) is 0 Å². The Balaban J connectivity index is 1.81. The molecule has 1 unspecified atom stereocenters. The Kier molecular flexibility index (Phi) is 6.05. The van der Waals surface area contributed by atoms with Crippen molar-refractivity contribution in [1.82, 2.24) is 0 Å². The van der Waals surface area contributed by atoms with Gasteiger partial charge in [0.05, 0.1) is 17.5 Å². The number of ether oxygens (including phenoxy) is 1. The average molecular weight is 442 g/mol. The molecule has 0 saturated carbocycles. The quantitative estimate of drug-likeness (QED) is 0.491. The number of hydrogen-bond donors (Lipinski definition) is 3. The van der Waals surface area contributed by atoms with E-state index >= 15 is 0 Å². The van der Waals surface area contributed by atoms with Gasteiger partial charge in [-0.2, -0.15) is 0 Å². The largest absolute Gasteiger partial charge is 0.492 e. The second-order valence-corrected chi connectivity index (χ2v) is 9.46. The zero-order chi connectivity index (χ0) is 21.3. The number of benzene rings is 2. The maximum Gasteiger partial charge on any atom is 0.339 e. The Morgan fingerprint density at radius 3 is 2.79 bits per heavy atom. The number of nitrogens with one attached hydrogen (secondary N) is 2. The molecule has 0 aliphatic carbocycles. The molecule has 0 saturated heterocycles. The molecule has 2 aromatic carbocycles. The van der Waals surface area contributed by atoms with E-state index in [0.29, 0.717) is 29.2 Å². The number of anilines is 1. The van der Waals surface area contributed by atoms with Gasteiger partial charge in [0, 0.05) is 11.9 Å². The smallest absolute Gasteiger partial charge is 0.339 e. The molecule has 0 radical (unpaired) electrons. The number of fused-ring (bicyclic) bond motifs is 1. The lowest BCUT2D eigenvalue weighted by Crippen LogP contribution is -2.75. The van der Waals surface area contributed by atoms with E-state index in [4.69, 9.17) is 16.3 Å². The third-order valence-corrected chi connectivity index (χ3v) is 5.61. The normalized spacial score (nSPS) is 18.0. The van der Waals surface area contributed by atoms with Gasteiger partial charge in [-0.15, -0.1) is 0 Å². The summed E-state index contributed by atoms with van der Waals surface area (Å²) in [7, 11) is -3.51. The highest BCUT2D eigenvalue weighted by atomic mass is 35.5. The number of sulfonamides is 1. The highest BCUT2D eigenvalue weighted by molar-refractivity contribution is 7.92. The van der Waals surface area contributed by atoms with E-state index in [9.17, 15) is 17.9 Å². The molecular formula is C20H23ClFN2O4S+. The third-order valence-electron chi connectivity index (χ3n) is 4.79. The lowest BCUT2D eigenvalue weighted by atomic mass is 9.96. The summed E-state index contributed by atoms with van der Waals surface area (Å²) in [6, 6.07) is 7.50. The first-order valence-electron chi connectivity index (χ1n) is 9.05. The standard InChI is InChI=1S/C20H22ClFN2O4S/c1-11-6-16(17(22)9-18(11)24-29(3,26)27)12(2)23-20(25)14-7-13-8-15(21)4-5-19(13)28-10-14/h4-6,8-9,12,14,24H,7,10H2,1-3H3,(H,23,25)/p+1/t12-,14?/m1/s1. The second-order valence-electron chi connectivity index (χ2n) is 7.28. The zero-order valence-corrected chi connectivity index (χ0v) is 17.9. The Bertz CT molecular complexity index is 1070. The predicted octanol–water partition coefficient (Wildman–Crippen LogP) is 2.51. The van der Waals surface area contributed by atoms with E-state index in [1.165, 1.54) is 0 Å². The van der Waals surface area contributed by atoms with Crippen LogP contribution in [-0.4, -0.2) is 32.3 Å². The Labute approximate surface area is 174 Å². The van der Waals surface area contributed by atoms with Crippen LogP contribution < -0.4 is 14.5 Å². The van der Waals surface area contributed by atoms with E-state index in [0.717, 1.165) is 23.6 Å². The van der Waals surface area contributed by atoms with Crippen LogP contribution in [0.15, 0.2) is 30.3 Å². The van der Waals surface area contributed by atoms with Crippen LogP contribution >= 0.6 is 11.6 Å². The molecule has 0 aromatic heterocycles. The van der Waals surface area contributed by atoms with E-state index in [-0.39, 0.29) is 17.5 Å². The molecule has 0 amide bonds. The molecule has 3 rings (SSSR count). The van der Waals surface area contributed by atoms with Gasteiger partial charge < -0.3 is 9.84 Å². The minimum Gasteiger partial charge on any atom is -0.492 e. The van der Waals surface area contributed by atoms with E-state index in [2.05, 4.69) is 9.71 Å². The van der Waals surface area contributed by atoms with Crippen molar-refractivity contribution in [1.29, 1.82) is 0 Å². The van der Waals surface area contributed by atoms with Crippen molar-refractivity contribution >= 4 is 33.2 Å². The highest BCUT2D eigenvalue weighted by Gasteiger charge is 2.29. The van der Waals surface area contributed by atoms with Gasteiger partial charge >= 0.3 is 5.90 Å². The molecule has 1 heterocycles. The first kappa shape index (κ1) is 21.4. The maximum atomic E-state index is 14.6. The SMILES string of the molecule is Cc1cc([C@@H](C)[NH+]=C(O)C2COc3ccc(Cl)cc3C2)c(F)cc1NS(C)(=O)=O. The van der Waals surface area contributed by atoms with Crippen molar-refractivity contribution in [3.05, 3.63) is 57.9 Å². The number of aliphatic hydroxyl groups is 1. The van der Waals surface area contributed by atoms with Gasteiger partial charge in [-0.1, -0.05) is 11.6 Å². The zero-order valence-electron chi connectivity index (χ0n) is 16.3. The summed E-state index contributed by atoms with van der Waals surface area (Å²) in [6.07, 6.45) is 1.55. The number of aryl methyl sites for hydroxylation is 1. The summed E-state index contributed by atoms with van der Waals surface area (Å²) in [5.74, 6) is -0.147. The van der Waals surface area contributed by atoms with Crippen molar-refractivity contribution in [3.8, 4) is 5.75 Å². The van der Waals surface area contributed by atoms with Gasteiger partial charge in [0.1, 0.15) is 24.1 Å². The second kappa shape index (κ2) is 8.20. The van der Waals surface area contributed by atoms with E-state index in [1.54, 1.807) is 38.1 Å². The third kappa shape index (κ3) is 5.19. The van der Waals surface area contributed by atoms with Gasteiger partial charge in [0.15, 0.2) is 6.04 Å². The Morgan fingerprint density at radius 1 is 1.38 bits per heavy atom. The lowest BCUT2D eigenvalue weighted by molar-refractivity contribution is -0.516. The molecule has 6 nitrogen and oxygen atoms in total. The monoisotopic (exact) mass is 441 g/mol. The summed E-state index contributed by atoms with van der Waals surface area (Å²) >= 11 is 6.03. The maximum absolute atomic E-state index is 14.6. The summed E-state index contributed by atoms with van der Waals surface area (Å²) < 4.78 is 45.4. The number of aliphatic hydroxyl groups excluding tert-OH is 1. The fourth-order valence-corrected chi connectivity index (χ4v) is 4.12. The molecule has 0 bridgehead atoms. The predicted molar refractivity (Wildman–Crippen MR) is 111 cm³/mol. The van der Waals surface area contributed by atoms with Crippen LogP contribution in [0.4, 0.5) is 10.1 Å². The van der Waals surface area contributed by atoms with Gasteiger partial charge in [-0.3, -0.25) is 4.72 Å². The molecule has 2 aromatic rings. The van der Waals surface area contributed by atoms with Gasteiger partial charge in [0.25, 0.3) is 0 Å². The van der Waals surface area contributed by atoms with E-state index in [1.807, 2.05) is 0 Å². The van der Waals surface area contributed by atoms with Crippen molar-refractivity contribution in [2.24, 2.45) is 5.92 Å². The van der Waals surface area contributed by atoms with Crippen molar-refractivity contribution in [2.75, 3.05) is 17.6 Å². The van der Waals surface area contributed by atoms with Crippen LogP contribution in [0.3, 0.4) is 0 Å². The molecule has 1 aliphatic rings. The van der Waals surface area contributed by atoms with Gasteiger partial charge in [0.2, 0.25) is 10.0 Å². The molecule has 1 aliphatic heterocycles. The van der Waals surface area contributed by atoms with Crippen LogP contribution in [0.1, 0.15) is 29.7 Å². The van der Waals surface area contributed by atoms with Crippen molar-refractivity contribution in [2.45, 2.75) is 26.3 Å². The Morgan fingerprint density at radius 2 is 2.10 bits per heavy atom. The fraction of sp³-hybridized carbons (Fsp3) is 0.350. The topological polar surface area (TPSA) is 89.6 Å². The summed E-state index contributed by atoms with van der Waals surface area (Å²) in [5.41, 5.74) is 1.97. The minimum atomic E-state index is -3.51. The summed E-state index contributed by atoms with van der Waals surface area (Å²) in [6.45, 7) is 3.69. The van der Waals surface area contributed by atoms with Crippen LogP contribution in [0, 0.1) is 18.7 Å². The highest BCUT2D eigenvalue weighted by Crippen LogP contribution is 2.30. The average Bonchev–Trinajstić information content (AvgIpc) is 2.62. The molecular weight excluding hydrogens is 419 g/mol. The van der Waals surface area contributed by atoms with Crippen molar-refractivity contribution < 1.29 is 27.6 Å². The molecule has 156 valence electrons. The Hall–Kier alpha value is -2.32. The fourth-order valence-electron chi connectivity index (χ4n) is 3.30. The number of halogens is 2. The first-order chi connectivity index (χ1) is 13.5. The van der Waals surface area contributed by atoms with Crippen molar-refractivity contribution in [3.63, 3.8) is 0 Å². The lowest BCUT2D eigenvalue weighted by Gasteiger charge is -2.22. The number of hydrogen-bond acceptors (Lipinski definition) is 3. The van der Waals surface area contributed by atoms with Crippen LogP contribution in [0.2, 0.25) is 5.02 Å². The van der Waals surface area contributed by atoms with Gasteiger partial charge in [-0.25, -0.2) is 17.8 Å². The van der Waals surface area contributed by atoms with E-state index < -0.39 is 21.9 Å². The van der Waals surface area contributed by atoms with Gasteiger partial charge in [-0.05, 0) is 54.8 Å². The van der Waals surface area contributed by atoms with Crippen LogP contribution in [-0.2, 0) is 16.4 Å². The minimum absolute atomic E-state index is 0.00137. The first-order valence-corrected chi connectivity index (χ1v) is 11.3. The molecule has 29 heavy (non-hydrogen) atoms. The molecule has 0 spiro atoms.